The summed E-state index contributed by atoms with van der Waals surface area (Å²) in [4.78, 5) is 0.398. The van der Waals surface area contributed by atoms with E-state index in [0.29, 0.717) is 4.91 Å². The van der Waals surface area contributed by atoms with Gasteiger partial charge in [-0.1, -0.05) is 13.8 Å². The number of hydrogen-bond acceptors (Lipinski definition) is 3. The molecule has 0 spiro atoms. The Morgan fingerprint density at radius 1 is 1.44 bits per heavy atom. The van der Waals surface area contributed by atoms with Gasteiger partial charge in [-0.25, -0.2) is 8.78 Å². The molecule has 2 nitrogen and oxygen atoms in total. The number of hydrogen-bond donors (Lipinski definition) is 3. The van der Waals surface area contributed by atoms with Gasteiger partial charge in [0, 0.05) is 23.2 Å². The van der Waals surface area contributed by atoms with E-state index >= 15 is 0 Å². The summed E-state index contributed by atoms with van der Waals surface area (Å²) in [5, 5.41) is 19.8. The Kier molecular flexibility index (Phi) is 3.60. The van der Waals surface area contributed by atoms with Crippen molar-refractivity contribution < 1.29 is 19.0 Å². The minimum absolute atomic E-state index is 0.0430. The fraction of sp³-hybridized carbons (Fsp3) is 0.818. The number of aliphatic hydroxyl groups is 2. The Morgan fingerprint density at radius 3 is 2.19 bits per heavy atom. The molecule has 0 bridgehead atoms. The molecule has 1 rings (SSSR count). The van der Waals surface area contributed by atoms with Crippen LogP contribution < -0.4 is 0 Å². The summed E-state index contributed by atoms with van der Waals surface area (Å²) < 4.78 is 25.4. The zero-order valence-corrected chi connectivity index (χ0v) is 10.6. The van der Waals surface area contributed by atoms with Crippen LogP contribution in [-0.2, 0) is 0 Å². The molecule has 0 aliphatic heterocycles. The molecule has 0 radical (unpaired) electrons. The second-order valence-electron chi connectivity index (χ2n) is 5.12. The van der Waals surface area contributed by atoms with Gasteiger partial charge >= 0.3 is 0 Å². The van der Waals surface area contributed by atoms with Crippen molar-refractivity contribution in [3.05, 3.63) is 10.7 Å². The van der Waals surface area contributed by atoms with Crippen molar-refractivity contribution in [3.8, 4) is 0 Å². The average Bonchev–Trinajstić information content (AvgIpc) is 2.11. The number of aliphatic hydroxyl groups excluding tert-OH is 2. The Balaban J connectivity index is 2.75. The second-order valence-corrected chi connectivity index (χ2v) is 5.80. The van der Waals surface area contributed by atoms with Crippen LogP contribution >= 0.6 is 12.6 Å². The quantitative estimate of drug-likeness (QED) is 0.533. The van der Waals surface area contributed by atoms with Gasteiger partial charge in [0.15, 0.2) is 0 Å². The lowest BCUT2D eigenvalue weighted by atomic mass is 9.68. The van der Waals surface area contributed by atoms with E-state index in [1.807, 2.05) is 0 Å². The van der Waals surface area contributed by atoms with E-state index in [9.17, 15) is 19.0 Å². The summed E-state index contributed by atoms with van der Waals surface area (Å²) in [6.07, 6.45) is -1.60. The van der Waals surface area contributed by atoms with E-state index in [4.69, 9.17) is 0 Å². The lowest BCUT2D eigenvalue weighted by Crippen LogP contribution is -2.48. The number of allylic oxidation sites excluding steroid dienone is 1. The topological polar surface area (TPSA) is 40.5 Å². The van der Waals surface area contributed by atoms with Gasteiger partial charge in [0.05, 0.1) is 6.10 Å². The van der Waals surface area contributed by atoms with Crippen LogP contribution in [0, 0.1) is 11.3 Å². The molecule has 0 heterocycles. The van der Waals surface area contributed by atoms with Crippen LogP contribution in [0.25, 0.3) is 0 Å². The predicted octanol–water partition coefficient (Wildman–Crippen LogP) is 3.14. The van der Waals surface area contributed by atoms with E-state index in [-0.39, 0.29) is 18.6 Å². The molecule has 5 heteroatoms. The fourth-order valence-corrected chi connectivity index (χ4v) is 2.41. The van der Waals surface area contributed by atoms with Gasteiger partial charge in [-0.3, -0.25) is 0 Å². The van der Waals surface area contributed by atoms with Crippen molar-refractivity contribution in [1.29, 1.82) is 0 Å². The van der Waals surface area contributed by atoms with Crippen molar-refractivity contribution >= 4 is 12.6 Å². The summed E-state index contributed by atoms with van der Waals surface area (Å²) in [5.41, 5.74) is -0.938. The maximum atomic E-state index is 12.7. The monoisotopic (exact) mass is 252 g/mol. The van der Waals surface area contributed by atoms with Crippen molar-refractivity contribution in [2.45, 2.75) is 45.6 Å². The number of alkyl halides is 2. The zero-order valence-electron chi connectivity index (χ0n) is 9.67. The molecule has 1 saturated carbocycles. The molecule has 1 aliphatic carbocycles. The van der Waals surface area contributed by atoms with Gasteiger partial charge in [-0.05, 0) is 12.8 Å². The highest BCUT2D eigenvalue weighted by Gasteiger charge is 2.52. The first-order valence-corrected chi connectivity index (χ1v) is 5.68. The number of halogens is 2. The van der Waals surface area contributed by atoms with Crippen molar-refractivity contribution in [2.75, 3.05) is 0 Å². The highest BCUT2D eigenvalue weighted by atomic mass is 32.1. The molecule has 16 heavy (non-hydrogen) atoms. The molecule has 1 fully saturated rings. The summed E-state index contributed by atoms with van der Waals surface area (Å²) in [6, 6.07) is 0. The Bertz CT molecular complexity index is 301. The van der Waals surface area contributed by atoms with E-state index < -0.39 is 23.4 Å². The van der Waals surface area contributed by atoms with Crippen LogP contribution in [-0.4, -0.2) is 22.2 Å². The Labute approximate surface area is 99.8 Å². The van der Waals surface area contributed by atoms with Gasteiger partial charge in [0.25, 0.3) is 0 Å². The summed E-state index contributed by atoms with van der Waals surface area (Å²) in [5.74, 6) is -3.16. The van der Waals surface area contributed by atoms with Gasteiger partial charge in [0.1, 0.15) is 5.76 Å². The molecular weight excluding hydrogens is 234 g/mol. The van der Waals surface area contributed by atoms with Crippen LogP contribution in [0.3, 0.4) is 0 Å². The van der Waals surface area contributed by atoms with Crippen molar-refractivity contribution in [2.24, 2.45) is 11.3 Å². The van der Waals surface area contributed by atoms with Crippen LogP contribution in [0.2, 0.25) is 0 Å². The highest BCUT2D eigenvalue weighted by Crippen LogP contribution is 2.49. The van der Waals surface area contributed by atoms with E-state index in [0.717, 1.165) is 0 Å². The highest BCUT2D eigenvalue weighted by molar-refractivity contribution is 7.84. The first-order chi connectivity index (χ1) is 7.08. The molecule has 1 atom stereocenters. The van der Waals surface area contributed by atoms with Gasteiger partial charge in [0.2, 0.25) is 5.92 Å². The second kappa shape index (κ2) is 4.18. The average molecular weight is 252 g/mol. The zero-order chi connectivity index (χ0) is 12.7. The minimum atomic E-state index is -2.66. The lowest BCUT2D eigenvalue weighted by Gasteiger charge is -2.43. The molecule has 0 aromatic rings. The number of thiol groups is 1. The fourth-order valence-electron chi connectivity index (χ4n) is 2.13. The minimum Gasteiger partial charge on any atom is -0.511 e. The number of rotatable bonds is 3. The van der Waals surface area contributed by atoms with Crippen LogP contribution in [0.5, 0.6) is 0 Å². The summed E-state index contributed by atoms with van der Waals surface area (Å²) in [7, 11) is 0. The standard InChI is InChI=1S/C11H18F2O2S/c1-6(16)8(14)10(2,3)9(15)7-4-11(12,13)5-7/h7,9,14-16H,4-5H2,1-3H3/b8-6+. The van der Waals surface area contributed by atoms with Gasteiger partial charge in [-0.2, -0.15) is 0 Å². The first-order valence-electron chi connectivity index (χ1n) is 5.23. The third kappa shape index (κ3) is 2.51. The van der Waals surface area contributed by atoms with Gasteiger partial charge < -0.3 is 10.2 Å². The SMILES string of the molecule is C/C(S)=C(\O)C(C)(C)C(O)C1CC(F)(F)C1. The Morgan fingerprint density at radius 2 is 1.88 bits per heavy atom. The summed E-state index contributed by atoms with van der Waals surface area (Å²) >= 11 is 4.00. The lowest BCUT2D eigenvalue weighted by molar-refractivity contribution is -0.159. The smallest absolute Gasteiger partial charge is 0.248 e. The maximum Gasteiger partial charge on any atom is 0.248 e. The van der Waals surface area contributed by atoms with Crippen LogP contribution in [0.4, 0.5) is 8.78 Å². The van der Waals surface area contributed by atoms with Crippen molar-refractivity contribution in [3.63, 3.8) is 0 Å². The maximum absolute atomic E-state index is 12.7. The molecule has 0 aromatic carbocycles. The molecule has 1 aliphatic rings. The largest absolute Gasteiger partial charge is 0.511 e. The molecule has 0 aromatic heterocycles. The molecule has 0 saturated heterocycles. The normalized spacial score (nSPS) is 24.7. The predicted molar refractivity (Wildman–Crippen MR) is 61.8 cm³/mol. The van der Waals surface area contributed by atoms with E-state index in [1.165, 1.54) is 0 Å². The summed E-state index contributed by atoms with van der Waals surface area (Å²) in [6.45, 7) is 4.86. The molecular formula is C11H18F2O2S. The molecule has 94 valence electrons. The Hall–Kier alpha value is -0.290. The van der Waals surface area contributed by atoms with E-state index in [2.05, 4.69) is 12.6 Å². The third-order valence-electron chi connectivity index (χ3n) is 3.26. The van der Waals surface area contributed by atoms with E-state index in [1.54, 1.807) is 20.8 Å². The van der Waals surface area contributed by atoms with Crippen LogP contribution in [0.1, 0.15) is 33.6 Å². The van der Waals surface area contributed by atoms with Crippen LogP contribution in [0.15, 0.2) is 10.7 Å². The molecule has 2 N–H and O–H groups in total. The third-order valence-corrected chi connectivity index (χ3v) is 3.47. The van der Waals surface area contributed by atoms with Gasteiger partial charge in [-0.15, -0.1) is 12.6 Å². The van der Waals surface area contributed by atoms with Crippen molar-refractivity contribution in [1.82, 2.24) is 0 Å². The molecule has 0 amide bonds. The first kappa shape index (κ1) is 13.8. The molecule has 1 unspecified atom stereocenters.